The van der Waals surface area contributed by atoms with Crippen molar-refractivity contribution in [2.75, 3.05) is 26.3 Å². The van der Waals surface area contributed by atoms with Gasteiger partial charge < -0.3 is 30.1 Å². The van der Waals surface area contributed by atoms with Crippen LogP contribution < -0.4 is 10.1 Å². The highest BCUT2D eigenvalue weighted by molar-refractivity contribution is 7.85. The van der Waals surface area contributed by atoms with Gasteiger partial charge in [0.15, 0.2) is 0 Å². The molecular formula is C31H39NO6S. The molecule has 3 aromatic carbocycles. The molecule has 0 saturated heterocycles. The van der Waals surface area contributed by atoms with E-state index in [0.29, 0.717) is 49.3 Å². The summed E-state index contributed by atoms with van der Waals surface area (Å²) in [5, 5.41) is 32.8. The predicted octanol–water partition coefficient (Wildman–Crippen LogP) is 4.40. The van der Waals surface area contributed by atoms with Crippen molar-refractivity contribution in [3.63, 3.8) is 0 Å². The fourth-order valence-corrected chi connectivity index (χ4v) is 6.37. The number of aliphatic hydroxyl groups excluding tert-OH is 2. The Kier molecular flexibility index (Phi) is 11.4. The Bertz CT molecular complexity index is 1200. The highest BCUT2D eigenvalue weighted by atomic mass is 32.2. The van der Waals surface area contributed by atoms with Gasteiger partial charge in [0, 0.05) is 22.3 Å². The van der Waals surface area contributed by atoms with Crippen LogP contribution in [-0.2, 0) is 35.2 Å². The van der Waals surface area contributed by atoms with Crippen molar-refractivity contribution < 1.29 is 29.0 Å². The van der Waals surface area contributed by atoms with Gasteiger partial charge in [-0.3, -0.25) is 4.21 Å². The third kappa shape index (κ3) is 8.88. The van der Waals surface area contributed by atoms with E-state index in [1.165, 1.54) is 18.9 Å². The van der Waals surface area contributed by atoms with Crippen LogP contribution in [0.25, 0.3) is 0 Å². The molecule has 39 heavy (non-hydrogen) atoms. The fourth-order valence-electron chi connectivity index (χ4n) is 4.74. The predicted molar refractivity (Wildman–Crippen MR) is 152 cm³/mol. The summed E-state index contributed by atoms with van der Waals surface area (Å²) < 4.78 is 24.3. The second kappa shape index (κ2) is 15.1. The van der Waals surface area contributed by atoms with E-state index in [9.17, 15) is 19.5 Å². The lowest BCUT2D eigenvalue weighted by Gasteiger charge is -2.14. The monoisotopic (exact) mass is 553 g/mol. The number of hydrogen-bond acceptors (Lipinski definition) is 7. The first-order chi connectivity index (χ1) is 19.0. The average Bonchev–Trinajstić information content (AvgIpc) is 3.51. The Balaban J connectivity index is 1.10. The Hall–Kier alpha value is -2.75. The first kappa shape index (κ1) is 29.2. The van der Waals surface area contributed by atoms with Gasteiger partial charge in [0.05, 0.1) is 36.7 Å². The highest BCUT2D eigenvalue weighted by Crippen LogP contribution is 2.27. The normalized spacial score (nSPS) is 15.3. The van der Waals surface area contributed by atoms with Gasteiger partial charge in [-0.1, -0.05) is 43.2 Å². The maximum absolute atomic E-state index is 12.8. The van der Waals surface area contributed by atoms with Crippen LogP contribution >= 0.6 is 0 Å². The fraction of sp³-hybridized carbons (Fsp3) is 0.419. The molecular weight excluding hydrogens is 514 g/mol. The van der Waals surface area contributed by atoms with Crippen molar-refractivity contribution in [3.8, 4) is 11.5 Å². The minimum atomic E-state index is -0.931. The van der Waals surface area contributed by atoms with Crippen molar-refractivity contribution >= 4 is 10.8 Å². The third-order valence-corrected chi connectivity index (χ3v) is 8.81. The topological polar surface area (TPSA) is 108 Å². The van der Waals surface area contributed by atoms with Crippen LogP contribution in [0, 0.1) is 0 Å². The van der Waals surface area contributed by atoms with Crippen LogP contribution in [0.3, 0.4) is 0 Å². The summed E-state index contributed by atoms with van der Waals surface area (Å²) in [5.74, 6) is 0.808. The first-order valence-electron chi connectivity index (χ1n) is 13.6. The van der Waals surface area contributed by atoms with E-state index in [2.05, 4.69) is 5.32 Å². The minimum Gasteiger partial charge on any atom is -0.508 e. The highest BCUT2D eigenvalue weighted by Gasteiger charge is 2.22. The number of rotatable bonds is 15. The maximum Gasteiger partial charge on any atom is 0.121 e. The summed E-state index contributed by atoms with van der Waals surface area (Å²) in [6.07, 6.45) is 4.56. The van der Waals surface area contributed by atoms with Gasteiger partial charge in [0.2, 0.25) is 0 Å². The molecule has 0 aromatic heterocycles. The third-order valence-electron chi connectivity index (χ3n) is 7.01. The molecule has 1 aliphatic rings. The summed E-state index contributed by atoms with van der Waals surface area (Å²) >= 11 is 0. The second-order valence-corrected chi connectivity index (χ2v) is 11.6. The number of benzene rings is 3. The summed E-state index contributed by atoms with van der Waals surface area (Å²) in [7, 11) is -0.931. The number of ether oxygens (including phenoxy) is 2. The zero-order chi connectivity index (χ0) is 27.5. The number of hydrogen-bond donors (Lipinski definition) is 4. The quantitative estimate of drug-likeness (QED) is 0.207. The van der Waals surface area contributed by atoms with E-state index in [0.717, 1.165) is 41.0 Å². The van der Waals surface area contributed by atoms with E-state index < -0.39 is 16.9 Å². The van der Waals surface area contributed by atoms with Gasteiger partial charge in [-0.05, 0) is 78.9 Å². The van der Waals surface area contributed by atoms with Crippen molar-refractivity contribution in [2.24, 2.45) is 0 Å². The molecule has 1 fully saturated rings. The van der Waals surface area contributed by atoms with E-state index in [1.807, 2.05) is 48.5 Å². The molecule has 1 unspecified atom stereocenters. The van der Waals surface area contributed by atoms with E-state index in [4.69, 9.17) is 9.47 Å². The zero-order valence-electron chi connectivity index (χ0n) is 22.3. The Morgan fingerprint density at radius 3 is 2.54 bits per heavy atom. The standard InChI is InChI=1S/C31H39NO6S/c33-21-26-19-25(10-13-30(26)34)31(35)20-32-15-14-23-8-11-27(12-9-23)38-17-16-37-22-24-4-3-7-29(18-24)39(36)28-5-1-2-6-28/h3-4,7-13,18-19,28,31-35H,1-2,5-6,14-17,20-22H2/t31-,39?/m0/s1. The lowest BCUT2D eigenvalue weighted by molar-refractivity contribution is 0.0888. The maximum atomic E-state index is 12.8. The van der Waals surface area contributed by atoms with Crippen molar-refractivity contribution in [3.05, 3.63) is 89.0 Å². The molecule has 210 valence electrons. The molecule has 0 heterocycles. The zero-order valence-corrected chi connectivity index (χ0v) is 23.1. The molecule has 0 amide bonds. The van der Waals surface area contributed by atoms with Crippen molar-refractivity contribution in [1.82, 2.24) is 5.32 Å². The van der Waals surface area contributed by atoms with E-state index >= 15 is 0 Å². The lowest BCUT2D eigenvalue weighted by Crippen LogP contribution is -2.23. The molecule has 3 aromatic rings. The van der Waals surface area contributed by atoms with Gasteiger partial charge in [0.1, 0.15) is 18.1 Å². The molecule has 1 saturated carbocycles. The van der Waals surface area contributed by atoms with E-state index in [-0.39, 0.29) is 12.4 Å². The number of phenols is 1. The molecule has 4 N–H and O–H groups in total. The van der Waals surface area contributed by atoms with Crippen LogP contribution in [0.4, 0.5) is 0 Å². The van der Waals surface area contributed by atoms with Crippen LogP contribution in [0.1, 0.15) is 54.0 Å². The average molecular weight is 554 g/mol. The molecule has 0 spiro atoms. The summed E-state index contributed by atoms with van der Waals surface area (Å²) in [4.78, 5) is 0.902. The molecule has 7 nitrogen and oxygen atoms in total. The molecule has 4 rings (SSSR count). The summed E-state index contributed by atoms with van der Waals surface area (Å²) in [5.41, 5.74) is 3.24. The van der Waals surface area contributed by atoms with Crippen LogP contribution in [0.15, 0.2) is 71.6 Å². The van der Waals surface area contributed by atoms with Gasteiger partial charge in [-0.2, -0.15) is 0 Å². The summed E-state index contributed by atoms with van der Waals surface area (Å²) in [6.45, 7) is 2.18. The van der Waals surface area contributed by atoms with Crippen LogP contribution in [0.5, 0.6) is 11.5 Å². The Morgan fingerprint density at radius 2 is 1.77 bits per heavy atom. The van der Waals surface area contributed by atoms with E-state index in [1.54, 1.807) is 12.1 Å². The molecule has 2 atom stereocenters. The smallest absolute Gasteiger partial charge is 0.121 e. The Labute approximate surface area is 233 Å². The second-order valence-electron chi connectivity index (χ2n) is 9.91. The van der Waals surface area contributed by atoms with Crippen LogP contribution in [0.2, 0.25) is 0 Å². The minimum absolute atomic E-state index is 0.0244. The van der Waals surface area contributed by atoms with Crippen molar-refractivity contribution in [2.45, 2.75) is 61.6 Å². The Morgan fingerprint density at radius 1 is 0.974 bits per heavy atom. The number of nitrogens with one attached hydrogen (secondary N) is 1. The molecule has 0 radical (unpaired) electrons. The van der Waals surface area contributed by atoms with Crippen molar-refractivity contribution in [1.29, 1.82) is 0 Å². The lowest BCUT2D eigenvalue weighted by atomic mass is 10.1. The van der Waals surface area contributed by atoms with Gasteiger partial charge >= 0.3 is 0 Å². The molecule has 0 aliphatic heterocycles. The molecule has 0 bridgehead atoms. The molecule has 8 heteroatoms. The summed E-state index contributed by atoms with van der Waals surface area (Å²) in [6, 6.07) is 20.6. The largest absolute Gasteiger partial charge is 0.508 e. The first-order valence-corrected chi connectivity index (χ1v) is 14.8. The number of aromatic hydroxyl groups is 1. The van der Waals surface area contributed by atoms with Crippen LogP contribution in [-0.4, -0.2) is 51.1 Å². The van der Waals surface area contributed by atoms with Gasteiger partial charge in [0.25, 0.3) is 0 Å². The van der Waals surface area contributed by atoms with Gasteiger partial charge in [-0.15, -0.1) is 0 Å². The SMILES string of the molecule is O=S(c1cccc(COCCOc2ccc(CCNC[C@H](O)c3ccc(O)c(CO)c3)cc2)c1)C1CCCC1. The molecule has 1 aliphatic carbocycles. The number of aliphatic hydroxyl groups is 2. The van der Waals surface area contributed by atoms with Gasteiger partial charge in [-0.25, -0.2) is 0 Å².